The lowest BCUT2D eigenvalue weighted by atomic mass is 10.3. The molecule has 0 saturated carbocycles. The minimum absolute atomic E-state index is 0.614. The van der Waals surface area contributed by atoms with Crippen LogP contribution in [-0.4, -0.2) is 21.4 Å². The summed E-state index contributed by atoms with van der Waals surface area (Å²) < 4.78 is 1.90. The van der Waals surface area contributed by atoms with Crippen molar-refractivity contribution in [2.24, 2.45) is 0 Å². The second-order valence-corrected chi connectivity index (χ2v) is 4.86. The fourth-order valence-corrected chi connectivity index (χ4v) is 1.93. The van der Waals surface area contributed by atoms with Crippen molar-refractivity contribution in [1.82, 2.24) is 15.1 Å². The van der Waals surface area contributed by atoms with Gasteiger partial charge in [0.15, 0.2) is 5.11 Å². The van der Waals surface area contributed by atoms with Gasteiger partial charge >= 0.3 is 0 Å². The average molecular weight is 295 g/mol. The van der Waals surface area contributed by atoms with Crippen LogP contribution in [0.1, 0.15) is 6.42 Å². The zero-order valence-electron chi connectivity index (χ0n) is 10.3. The minimum atomic E-state index is 0.614. The number of aryl methyl sites for hydroxylation is 1. The molecule has 0 aliphatic carbocycles. The van der Waals surface area contributed by atoms with E-state index in [4.69, 9.17) is 23.8 Å². The van der Waals surface area contributed by atoms with Gasteiger partial charge in [-0.15, -0.1) is 0 Å². The SMILES string of the molecule is S=C(NCCCn1cccn1)Nc1ccc(Cl)cc1. The first-order valence-corrected chi connectivity index (χ1v) is 6.80. The standard InChI is InChI=1S/C13H15ClN4S/c14-11-3-5-12(6-4-11)17-13(19)15-7-1-9-18-10-2-8-16-18/h2-6,8,10H,1,7,9H2,(H2,15,17,19). The molecule has 0 radical (unpaired) electrons. The number of anilines is 1. The molecule has 19 heavy (non-hydrogen) atoms. The molecule has 0 unspecified atom stereocenters. The summed E-state index contributed by atoms with van der Waals surface area (Å²) in [7, 11) is 0. The fraction of sp³-hybridized carbons (Fsp3) is 0.231. The summed E-state index contributed by atoms with van der Waals surface area (Å²) in [6.07, 6.45) is 4.69. The highest BCUT2D eigenvalue weighted by Crippen LogP contribution is 2.13. The van der Waals surface area contributed by atoms with Crippen LogP contribution >= 0.6 is 23.8 Å². The van der Waals surface area contributed by atoms with Crippen LogP contribution in [0.5, 0.6) is 0 Å². The van der Waals surface area contributed by atoms with E-state index in [-0.39, 0.29) is 0 Å². The molecule has 0 aliphatic rings. The van der Waals surface area contributed by atoms with E-state index in [2.05, 4.69) is 15.7 Å². The third kappa shape index (κ3) is 4.89. The summed E-state index contributed by atoms with van der Waals surface area (Å²) in [5, 5.41) is 11.7. The summed E-state index contributed by atoms with van der Waals surface area (Å²) in [5.41, 5.74) is 0.925. The van der Waals surface area contributed by atoms with Crippen molar-refractivity contribution < 1.29 is 0 Å². The van der Waals surface area contributed by atoms with Crippen molar-refractivity contribution >= 4 is 34.6 Å². The smallest absolute Gasteiger partial charge is 0.170 e. The lowest BCUT2D eigenvalue weighted by molar-refractivity contribution is 0.574. The highest BCUT2D eigenvalue weighted by Gasteiger charge is 1.97. The molecule has 2 rings (SSSR count). The first kappa shape index (κ1) is 13.8. The maximum Gasteiger partial charge on any atom is 0.170 e. The van der Waals surface area contributed by atoms with Gasteiger partial charge < -0.3 is 10.6 Å². The summed E-state index contributed by atoms with van der Waals surface area (Å²) in [6.45, 7) is 1.68. The van der Waals surface area contributed by atoms with Crippen LogP contribution in [0.4, 0.5) is 5.69 Å². The maximum absolute atomic E-state index is 5.81. The van der Waals surface area contributed by atoms with Gasteiger partial charge in [-0.3, -0.25) is 4.68 Å². The molecule has 0 amide bonds. The third-order valence-electron chi connectivity index (χ3n) is 2.51. The monoisotopic (exact) mass is 294 g/mol. The zero-order valence-corrected chi connectivity index (χ0v) is 11.9. The average Bonchev–Trinajstić information content (AvgIpc) is 2.91. The molecule has 0 spiro atoms. The van der Waals surface area contributed by atoms with Crippen LogP contribution in [0.25, 0.3) is 0 Å². The maximum atomic E-state index is 5.81. The molecule has 0 atom stereocenters. The Hall–Kier alpha value is -1.59. The van der Waals surface area contributed by atoms with E-state index in [1.54, 1.807) is 6.20 Å². The van der Waals surface area contributed by atoms with E-state index < -0.39 is 0 Å². The van der Waals surface area contributed by atoms with E-state index in [1.807, 2.05) is 41.2 Å². The van der Waals surface area contributed by atoms with Gasteiger partial charge in [0, 0.05) is 36.2 Å². The number of rotatable bonds is 5. The Morgan fingerprint density at radius 2 is 2.11 bits per heavy atom. The van der Waals surface area contributed by atoms with Crippen molar-refractivity contribution in [3.8, 4) is 0 Å². The lowest BCUT2D eigenvalue weighted by Gasteiger charge is -2.10. The molecule has 6 heteroatoms. The first-order chi connectivity index (χ1) is 9.24. The van der Waals surface area contributed by atoms with E-state index in [9.17, 15) is 0 Å². The summed E-state index contributed by atoms with van der Waals surface area (Å²) in [6, 6.07) is 9.34. The number of nitrogens with zero attached hydrogens (tertiary/aromatic N) is 2. The van der Waals surface area contributed by atoms with Crippen LogP contribution in [0.3, 0.4) is 0 Å². The second kappa shape index (κ2) is 7.11. The van der Waals surface area contributed by atoms with Crippen molar-refractivity contribution in [1.29, 1.82) is 0 Å². The highest BCUT2D eigenvalue weighted by molar-refractivity contribution is 7.80. The number of thiocarbonyl (C=S) groups is 1. The number of hydrogen-bond acceptors (Lipinski definition) is 2. The molecule has 1 aromatic heterocycles. The molecule has 0 aliphatic heterocycles. The van der Waals surface area contributed by atoms with Gasteiger partial charge in [-0.2, -0.15) is 5.10 Å². The predicted molar refractivity (Wildman–Crippen MR) is 82.5 cm³/mol. The topological polar surface area (TPSA) is 41.9 Å². The Morgan fingerprint density at radius 1 is 1.32 bits per heavy atom. The molecule has 100 valence electrons. The second-order valence-electron chi connectivity index (χ2n) is 4.01. The number of halogens is 1. The molecule has 0 bridgehead atoms. The van der Waals surface area contributed by atoms with Crippen molar-refractivity contribution in [3.05, 3.63) is 47.7 Å². The normalized spacial score (nSPS) is 10.2. The van der Waals surface area contributed by atoms with Crippen LogP contribution in [0.2, 0.25) is 5.02 Å². The lowest BCUT2D eigenvalue weighted by Crippen LogP contribution is -2.29. The number of hydrogen-bond donors (Lipinski definition) is 2. The quantitative estimate of drug-likeness (QED) is 0.657. The van der Waals surface area contributed by atoms with Gasteiger partial charge in [0.2, 0.25) is 0 Å². The number of aromatic nitrogens is 2. The minimum Gasteiger partial charge on any atom is -0.362 e. The van der Waals surface area contributed by atoms with Gasteiger partial charge in [0.05, 0.1) is 0 Å². The van der Waals surface area contributed by atoms with Crippen LogP contribution in [0, 0.1) is 0 Å². The van der Waals surface area contributed by atoms with Gasteiger partial charge in [0.1, 0.15) is 0 Å². The van der Waals surface area contributed by atoms with Crippen LogP contribution in [-0.2, 0) is 6.54 Å². The van der Waals surface area contributed by atoms with E-state index in [1.165, 1.54) is 0 Å². The molecule has 1 heterocycles. The van der Waals surface area contributed by atoms with Gasteiger partial charge in [-0.1, -0.05) is 11.6 Å². The Bertz CT molecular complexity index is 510. The van der Waals surface area contributed by atoms with Gasteiger partial charge in [-0.05, 0) is 49.0 Å². The molecule has 2 aromatic rings. The molecule has 0 fully saturated rings. The third-order valence-corrected chi connectivity index (χ3v) is 3.01. The van der Waals surface area contributed by atoms with Gasteiger partial charge in [0.25, 0.3) is 0 Å². The zero-order chi connectivity index (χ0) is 13.5. The Balaban J connectivity index is 1.65. The van der Waals surface area contributed by atoms with Crippen LogP contribution < -0.4 is 10.6 Å². The van der Waals surface area contributed by atoms with Crippen molar-refractivity contribution in [2.75, 3.05) is 11.9 Å². The molecular formula is C13H15ClN4S. The Morgan fingerprint density at radius 3 is 2.79 bits per heavy atom. The largest absolute Gasteiger partial charge is 0.362 e. The number of nitrogens with one attached hydrogen (secondary N) is 2. The molecular weight excluding hydrogens is 280 g/mol. The summed E-state index contributed by atoms with van der Waals surface area (Å²) in [4.78, 5) is 0. The van der Waals surface area contributed by atoms with E-state index in [0.29, 0.717) is 10.1 Å². The molecule has 2 N–H and O–H groups in total. The summed E-state index contributed by atoms with van der Waals surface area (Å²) >= 11 is 11.0. The highest BCUT2D eigenvalue weighted by atomic mass is 35.5. The molecule has 4 nitrogen and oxygen atoms in total. The van der Waals surface area contributed by atoms with Crippen molar-refractivity contribution in [2.45, 2.75) is 13.0 Å². The number of benzene rings is 1. The fourth-order valence-electron chi connectivity index (χ4n) is 1.58. The van der Waals surface area contributed by atoms with Gasteiger partial charge in [-0.25, -0.2) is 0 Å². The Kier molecular flexibility index (Phi) is 5.18. The Labute approximate surface area is 122 Å². The van der Waals surface area contributed by atoms with Crippen molar-refractivity contribution in [3.63, 3.8) is 0 Å². The predicted octanol–water partition coefficient (Wildman–Crippen LogP) is 2.91. The van der Waals surface area contributed by atoms with E-state index >= 15 is 0 Å². The van der Waals surface area contributed by atoms with E-state index in [0.717, 1.165) is 25.2 Å². The molecule has 0 saturated heterocycles. The molecule has 1 aromatic carbocycles. The first-order valence-electron chi connectivity index (χ1n) is 6.02. The van der Waals surface area contributed by atoms with Crippen LogP contribution in [0.15, 0.2) is 42.7 Å². The summed E-state index contributed by atoms with van der Waals surface area (Å²) in [5.74, 6) is 0.